The molecule has 0 aliphatic heterocycles. The third kappa shape index (κ3) is 4.75. The third-order valence-corrected chi connectivity index (χ3v) is 5.24. The molecule has 0 amide bonds. The SMILES string of the molecule is CCC(CC)(CNC(=NC)NCc1ccnn1C)c1ccc(Cl)cc1. The number of nitrogens with zero attached hydrogens (tertiary/aromatic N) is 3. The highest BCUT2D eigenvalue weighted by molar-refractivity contribution is 6.30. The molecule has 136 valence electrons. The van der Waals surface area contributed by atoms with Gasteiger partial charge in [0.25, 0.3) is 0 Å². The highest BCUT2D eigenvalue weighted by Gasteiger charge is 2.28. The Hall–Kier alpha value is -2.01. The van der Waals surface area contributed by atoms with E-state index in [1.165, 1.54) is 5.56 Å². The summed E-state index contributed by atoms with van der Waals surface area (Å²) in [6.07, 6.45) is 3.88. The number of hydrogen-bond acceptors (Lipinski definition) is 2. The van der Waals surface area contributed by atoms with Crippen LogP contribution >= 0.6 is 11.6 Å². The van der Waals surface area contributed by atoms with Crippen molar-refractivity contribution < 1.29 is 0 Å². The Morgan fingerprint density at radius 1 is 1.16 bits per heavy atom. The number of aromatic nitrogens is 2. The van der Waals surface area contributed by atoms with Crippen LogP contribution in [0.3, 0.4) is 0 Å². The van der Waals surface area contributed by atoms with Crippen molar-refractivity contribution in [3.63, 3.8) is 0 Å². The van der Waals surface area contributed by atoms with Gasteiger partial charge in [-0.2, -0.15) is 5.10 Å². The van der Waals surface area contributed by atoms with E-state index in [2.05, 4.69) is 46.7 Å². The fourth-order valence-corrected chi connectivity index (χ4v) is 3.16. The number of benzene rings is 1. The quantitative estimate of drug-likeness (QED) is 0.586. The molecule has 1 aromatic carbocycles. The summed E-state index contributed by atoms with van der Waals surface area (Å²) < 4.78 is 1.86. The summed E-state index contributed by atoms with van der Waals surface area (Å²) >= 11 is 6.05. The molecule has 6 heteroatoms. The van der Waals surface area contributed by atoms with E-state index >= 15 is 0 Å². The Morgan fingerprint density at radius 2 is 1.84 bits per heavy atom. The molecule has 0 atom stereocenters. The first-order chi connectivity index (χ1) is 12.0. The van der Waals surface area contributed by atoms with Crippen LogP contribution in [-0.4, -0.2) is 29.3 Å². The van der Waals surface area contributed by atoms with Gasteiger partial charge in [0.05, 0.1) is 12.2 Å². The second-order valence-electron chi connectivity index (χ2n) is 6.22. The van der Waals surface area contributed by atoms with E-state index in [4.69, 9.17) is 11.6 Å². The number of aryl methyl sites for hydroxylation is 1. The molecular weight excluding hydrogens is 334 g/mol. The lowest BCUT2D eigenvalue weighted by atomic mass is 9.76. The molecule has 0 radical (unpaired) electrons. The molecule has 2 N–H and O–H groups in total. The first-order valence-electron chi connectivity index (χ1n) is 8.72. The molecule has 2 aromatic rings. The molecule has 0 unspecified atom stereocenters. The minimum Gasteiger partial charge on any atom is -0.356 e. The predicted octanol–water partition coefficient (Wildman–Crippen LogP) is 3.50. The maximum Gasteiger partial charge on any atom is 0.191 e. The van der Waals surface area contributed by atoms with Crippen LogP contribution in [0.25, 0.3) is 0 Å². The zero-order valence-electron chi connectivity index (χ0n) is 15.5. The number of guanidine groups is 1. The molecule has 0 saturated carbocycles. The van der Waals surface area contributed by atoms with E-state index in [0.717, 1.165) is 36.1 Å². The van der Waals surface area contributed by atoms with Crippen molar-refractivity contribution in [1.29, 1.82) is 0 Å². The van der Waals surface area contributed by atoms with Crippen molar-refractivity contribution in [2.24, 2.45) is 12.0 Å². The summed E-state index contributed by atoms with van der Waals surface area (Å²) in [5, 5.41) is 11.8. The summed E-state index contributed by atoms with van der Waals surface area (Å²) in [6.45, 7) is 5.95. The van der Waals surface area contributed by atoms with Crippen molar-refractivity contribution in [3.8, 4) is 0 Å². The Labute approximate surface area is 155 Å². The topological polar surface area (TPSA) is 54.2 Å². The number of hydrogen-bond donors (Lipinski definition) is 2. The fraction of sp³-hybridized carbons (Fsp3) is 0.474. The molecule has 1 aromatic heterocycles. The van der Waals surface area contributed by atoms with Crippen LogP contribution in [0.4, 0.5) is 0 Å². The minimum absolute atomic E-state index is 0.0503. The van der Waals surface area contributed by atoms with E-state index in [1.807, 2.05) is 29.9 Å². The van der Waals surface area contributed by atoms with Gasteiger partial charge in [-0.25, -0.2) is 0 Å². The normalized spacial score (nSPS) is 12.3. The lowest BCUT2D eigenvalue weighted by molar-refractivity contribution is 0.389. The zero-order chi connectivity index (χ0) is 18.3. The molecule has 5 nitrogen and oxygen atoms in total. The van der Waals surface area contributed by atoms with E-state index < -0.39 is 0 Å². The summed E-state index contributed by atoms with van der Waals surface area (Å²) in [5.74, 6) is 0.793. The molecule has 0 bridgehead atoms. The van der Waals surface area contributed by atoms with Gasteiger partial charge in [0.2, 0.25) is 0 Å². The number of nitrogens with one attached hydrogen (secondary N) is 2. The van der Waals surface area contributed by atoms with Gasteiger partial charge in [0, 0.05) is 37.3 Å². The molecule has 25 heavy (non-hydrogen) atoms. The van der Waals surface area contributed by atoms with Gasteiger partial charge in [-0.3, -0.25) is 9.67 Å². The summed E-state index contributed by atoms with van der Waals surface area (Å²) in [4.78, 5) is 4.34. The first-order valence-corrected chi connectivity index (χ1v) is 9.10. The van der Waals surface area contributed by atoms with E-state index in [-0.39, 0.29) is 5.41 Å². The smallest absolute Gasteiger partial charge is 0.191 e. The van der Waals surface area contributed by atoms with Crippen molar-refractivity contribution in [3.05, 3.63) is 52.8 Å². The average Bonchev–Trinajstić information content (AvgIpc) is 3.05. The van der Waals surface area contributed by atoms with Gasteiger partial charge in [-0.1, -0.05) is 37.6 Å². The Morgan fingerprint density at radius 3 is 2.36 bits per heavy atom. The maximum absolute atomic E-state index is 6.05. The molecule has 1 heterocycles. The van der Waals surface area contributed by atoms with Crippen molar-refractivity contribution in [1.82, 2.24) is 20.4 Å². The zero-order valence-corrected chi connectivity index (χ0v) is 16.3. The first kappa shape index (κ1) is 19.3. The Kier molecular flexibility index (Phi) is 6.88. The number of rotatable bonds is 7. The van der Waals surface area contributed by atoms with Crippen LogP contribution in [0.5, 0.6) is 0 Å². The van der Waals surface area contributed by atoms with Gasteiger partial charge in [0.1, 0.15) is 0 Å². The molecule has 0 saturated heterocycles. The second-order valence-corrected chi connectivity index (χ2v) is 6.66. The molecule has 2 rings (SSSR count). The molecule has 0 aliphatic rings. The molecule has 0 fully saturated rings. The van der Waals surface area contributed by atoms with Crippen LogP contribution in [0.1, 0.15) is 37.9 Å². The van der Waals surface area contributed by atoms with E-state index in [9.17, 15) is 0 Å². The van der Waals surface area contributed by atoms with Crippen LogP contribution in [0, 0.1) is 0 Å². The highest BCUT2D eigenvalue weighted by Crippen LogP contribution is 2.31. The van der Waals surface area contributed by atoms with Crippen molar-refractivity contribution >= 4 is 17.6 Å². The fourth-order valence-electron chi connectivity index (χ4n) is 3.04. The second kappa shape index (κ2) is 8.90. The lowest BCUT2D eigenvalue weighted by Gasteiger charge is -2.33. The van der Waals surface area contributed by atoms with Gasteiger partial charge in [-0.15, -0.1) is 0 Å². The van der Waals surface area contributed by atoms with Gasteiger partial charge in [0.15, 0.2) is 5.96 Å². The van der Waals surface area contributed by atoms with Gasteiger partial charge in [-0.05, 0) is 36.6 Å². The summed E-state index contributed by atoms with van der Waals surface area (Å²) in [5.41, 5.74) is 2.46. The molecule has 0 spiro atoms. The molecular formula is C19H28ClN5. The minimum atomic E-state index is 0.0503. The predicted molar refractivity (Wildman–Crippen MR) is 105 cm³/mol. The van der Waals surface area contributed by atoms with E-state index in [0.29, 0.717) is 6.54 Å². The maximum atomic E-state index is 6.05. The van der Waals surface area contributed by atoms with Gasteiger partial charge >= 0.3 is 0 Å². The molecule has 0 aliphatic carbocycles. The number of halogens is 1. The van der Waals surface area contributed by atoms with Crippen LogP contribution in [0.15, 0.2) is 41.5 Å². The van der Waals surface area contributed by atoms with Gasteiger partial charge < -0.3 is 10.6 Å². The Bertz CT molecular complexity index is 686. The Balaban J connectivity index is 2.03. The van der Waals surface area contributed by atoms with Crippen LogP contribution in [-0.2, 0) is 19.0 Å². The van der Waals surface area contributed by atoms with Crippen molar-refractivity contribution in [2.45, 2.75) is 38.6 Å². The van der Waals surface area contributed by atoms with E-state index in [1.54, 1.807) is 13.2 Å². The number of aliphatic imine (C=N–C) groups is 1. The standard InChI is InChI=1S/C19H28ClN5/c1-5-19(6-2,15-7-9-16(20)10-8-15)14-23-18(21-3)22-13-17-11-12-24-25(17)4/h7-12H,5-6,13-14H2,1-4H3,(H2,21,22,23). The lowest BCUT2D eigenvalue weighted by Crippen LogP contribution is -2.45. The monoisotopic (exact) mass is 361 g/mol. The summed E-state index contributed by atoms with van der Waals surface area (Å²) in [7, 11) is 3.73. The average molecular weight is 362 g/mol. The van der Waals surface area contributed by atoms with Crippen molar-refractivity contribution in [2.75, 3.05) is 13.6 Å². The highest BCUT2D eigenvalue weighted by atomic mass is 35.5. The van der Waals surface area contributed by atoms with Crippen LogP contribution < -0.4 is 10.6 Å². The third-order valence-electron chi connectivity index (χ3n) is 4.99. The summed E-state index contributed by atoms with van der Waals surface area (Å²) in [6, 6.07) is 10.2. The van der Waals surface area contributed by atoms with Crippen LogP contribution in [0.2, 0.25) is 5.02 Å². The largest absolute Gasteiger partial charge is 0.356 e.